The predicted molar refractivity (Wildman–Crippen MR) is 84.4 cm³/mol. The van der Waals surface area contributed by atoms with Crippen LogP contribution in [0.15, 0.2) is 12.2 Å². The minimum atomic E-state index is -0.890. The van der Waals surface area contributed by atoms with Gasteiger partial charge < -0.3 is 9.90 Å². The van der Waals surface area contributed by atoms with Gasteiger partial charge >= 0.3 is 29.6 Å². The summed E-state index contributed by atoms with van der Waals surface area (Å²) in [6, 6.07) is 0. The Morgan fingerprint density at radius 1 is 0.952 bits per heavy atom. The van der Waals surface area contributed by atoms with Crippen molar-refractivity contribution in [3.63, 3.8) is 0 Å². The van der Waals surface area contributed by atoms with E-state index in [1.165, 1.54) is 51.4 Å². The van der Waals surface area contributed by atoms with Crippen LogP contribution in [0, 0.1) is 5.92 Å². The summed E-state index contributed by atoms with van der Waals surface area (Å²) in [6.07, 6.45) is 18.1. The molecule has 0 saturated carbocycles. The molecule has 0 aromatic carbocycles. The van der Waals surface area contributed by atoms with Gasteiger partial charge in [0.25, 0.3) is 0 Å². The van der Waals surface area contributed by atoms with Gasteiger partial charge in [0.2, 0.25) is 0 Å². The fourth-order valence-electron chi connectivity index (χ4n) is 2.51. The first-order chi connectivity index (χ1) is 9.72. The Bertz CT molecular complexity index is 252. The van der Waals surface area contributed by atoms with E-state index in [0.717, 1.165) is 19.3 Å². The second-order valence-corrected chi connectivity index (χ2v) is 5.79. The van der Waals surface area contributed by atoms with Crippen molar-refractivity contribution in [2.24, 2.45) is 5.92 Å². The molecule has 0 aliphatic heterocycles. The van der Waals surface area contributed by atoms with E-state index in [4.69, 9.17) is 0 Å². The molecular weight excluding hydrogens is 271 g/mol. The predicted octanol–water partition coefficient (Wildman–Crippen LogP) is 1.63. The number of carbonyl (C=O) groups is 1. The fourth-order valence-corrected chi connectivity index (χ4v) is 2.51. The molecule has 0 aliphatic rings. The smallest absolute Gasteiger partial charge is 0.550 e. The van der Waals surface area contributed by atoms with Gasteiger partial charge in [-0.1, -0.05) is 83.3 Å². The SMILES string of the molecule is CC=CCC(CCCCCCCCCCCC)C(=O)[O-].[Na+]. The van der Waals surface area contributed by atoms with Crippen molar-refractivity contribution in [2.75, 3.05) is 0 Å². The van der Waals surface area contributed by atoms with Crippen LogP contribution < -0.4 is 34.7 Å². The maximum absolute atomic E-state index is 11.0. The second-order valence-electron chi connectivity index (χ2n) is 5.79. The van der Waals surface area contributed by atoms with Crippen molar-refractivity contribution < 1.29 is 39.5 Å². The third kappa shape index (κ3) is 16.4. The van der Waals surface area contributed by atoms with E-state index in [9.17, 15) is 9.90 Å². The molecule has 0 radical (unpaired) electrons. The molecule has 0 saturated heterocycles. The summed E-state index contributed by atoms with van der Waals surface area (Å²) in [6.45, 7) is 4.17. The number of aliphatic carboxylic acids is 1. The topological polar surface area (TPSA) is 40.1 Å². The average molecular weight is 304 g/mol. The zero-order valence-corrected chi connectivity index (χ0v) is 16.5. The van der Waals surface area contributed by atoms with Crippen LogP contribution in [-0.2, 0) is 4.79 Å². The molecular formula is C18H33NaO2. The van der Waals surface area contributed by atoms with E-state index in [0.29, 0.717) is 6.42 Å². The Morgan fingerprint density at radius 3 is 1.86 bits per heavy atom. The maximum atomic E-state index is 11.0. The molecule has 3 heteroatoms. The zero-order chi connectivity index (χ0) is 15.1. The summed E-state index contributed by atoms with van der Waals surface area (Å²) in [7, 11) is 0. The Kier molecular flexibility index (Phi) is 20.4. The number of allylic oxidation sites excluding steroid dienone is 2. The minimum Gasteiger partial charge on any atom is -0.550 e. The third-order valence-corrected chi connectivity index (χ3v) is 3.90. The Morgan fingerprint density at radius 2 is 1.43 bits per heavy atom. The second kappa shape index (κ2) is 18.3. The van der Waals surface area contributed by atoms with Crippen LogP contribution in [0.5, 0.6) is 0 Å². The van der Waals surface area contributed by atoms with Crippen molar-refractivity contribution in [1.82, 2.24) is 0 Å². The van der Waals surface area contributed by atoms with Crippen LogP contribution in [-0.4, -0.2) is 5.97 Å². The summed E-state index contributed by atoms with van der Waals surface area (Å²) < 4.78 is 0. The number of carboxylic acid groups (broad SMARTS) is 1. The van der Waals surface area contributed by atoms with Crippen molar-refractivity contribution in [1.29, 1.82) is 0 Å². The largest absolute Gasteiger partial charge is 1.00 e. The Labute approximate surface area is 154 Å². The normalized spacial score (nSPS) is 12.3. The van der Waals surface area contributed by atoms with Crippen molar-refractivity contribution >= 4 is 5.97 Å². The molecule has 0 fully saturated rings. The van der Waals surface area contributed by atoms with Crippen molar-refractivity contribution in [3.8, 4) is 0 Å². The molecule has 0 aromatic heterocycles. The van der Waals surface area contributed by atoms with Gasteiger partial charge in [-0.05, 0) is 19.8 Å². The van der Waals surface area contributed by atoms with E-state index >= 15 is 0 Å². The number of unbranched alkanes of at least 4 members (excludes halogenated alkanes) is 9. The quantitative estimate of drug-likeness (QED) is 0.278. The van der Waals surface area contributed by atoms with E-state index in [-0.39, 0.29) is 35.5 Å². The van der Waals surface area contributed by atoms with Crippen LogP contribution in [0.1, 0.15) is 90.9 Å². The molecule has 1 atom stereocenters. The van der Waals surface area contributed by atoms with E-state index < -0.39 is 5.97 Å². The molecule has 1 unspecified atom stereocenters. The van der Waals surface area contributed by atoms with Crippen LogP contribution in [0.3, 0.4) is 0 Å². The van der Waals surface area contributed by atoms with Crippen molar-refractivity contribution in [3.05, 3.63) is 12.2 Å². The average Bonchev–Trinajstić information content (AvgIpc) is 2.43. The summed E-state index contributed by atoms with van der Waals surface area (Å²) in [5, 5.41) is 11.0. The molecule has 0 amide bonds. The summed E-state index contributed by atoms with van der Waals surface area (Å²) >= 11 is 0. The van der Waals surface area contributed by atoms with Gasteiger partial charge in [0.05, 0.1) is 0 Å². The standard InChI is InChI=1S/C18H34O2.Na/c1-3-5-7-8-9-10-11-12-13-14-16-17(18(19)20)15-6-4-2;/h4,6,17H,3,5,7-16H2,1-2H3,(H,19,20);/q;+1/p-1. The number of carbonyl (C=O) groups excluding carboxylic acids is 1. The molecule has 0 bridgehead atoms. The van der Waals surface area contributed by atoms with Gasteiger partial charge in [-0.25, -0.2) is 0 Å². The van der Waals surface area contributed by atoms with Gasteiger partial charge in [0.1, 0.15) is 0 Å². The summed E-state index contributed by atoms with van der Waals surface area (Å²) in [5.74, 6) is -1.18. The first kappa shape index (κ1) is 23.5. The monoisotopic (exact) mass is 304 g/mol. The maximum Gasteiger partial charge on any atom is 1.00 e. The molecule has 0 rings (SSSR count). The molecule has 118 valence electrons. The van der Waals surface area contributed by atoms with E-state index in [1.807, 2.05) is 19.1 Å². The minimum absolute atomic E-state index is 0. The number of carboxylic acids is 1. The first-order valence-corrected chi connectivity index (χ1v) is 8.54. The van der Waals surface area contributed by atoms with Gasteiger partial charge in [0, 0.05) is 11.9 Å². The van der Waals surface area contributed by atoms with E-state index in [1.54, 1.807) is 0 Å². The molecule has 0 N–H and O–H groups in total. The number of hydrogen-bond acceptors (Lipinski definition) is 2. The molecule has 0 aliphatic carbocycles. The van der Waals surface area contributed by atoms with Gasteiger partial charge in [0.15, 0.2) is 0 Å². The summed E-state index contributed by atoms with van der Waals surface area (Å²) in [4.78, 5) is 11.0. The third-order valence-electron chi connectivity index (χ3n) is 3.90. The molecule has 0 spiro atoms. The Balaban J connectivity index is 0. The molecule has 0 heterocycles. The number of hydrogen-bond donors (Lipinski definition) is 0. The molecule has 21 heavy (non-hydrogen) atoms. The summed E-state index contributed by atoms with van der Waals surface area (Å²) in [5.41, 5.74) is 0. The van der Waals surface area contributed by atoms with Gasteiger partial charge in [-0.2, -0.15) is 0 Å². The van der Waals surface area contributed by atoms with Gasteiger partial charge in [-0.15, -0.1) is 0 Å². The number of rotatable bonds is 14. The first-order valence-electron chi connectivity index (χ1n) is 8.54. The van der Waals surface area contributed by atoms with Crippen LogP contribution in [0.25, 0.3) is 0 Å². The Hall–Kier alpha value is 0.210. The van der Waals surface area contributed by atoms with Crippen LogP contribution >= 0.6 is 0 Å². The van der Waals surface area contributed by atoms with Crippen LogP contribution in [0.2, 0.25) is 0 Å². The zero-order valence-electron chi connectivity index (χ0n) is 14.5. The van der Waals surface area contributed by atoms with Crippen molar-refractivity contribution in [2.45, 2.75) is 90.9 Å². The van der Waals surface area contributed by atoms with E-state index in [2.05, 4.69) is 6.92 Å². The van der Waals surface area contributed by atoms with Gasteiger partial charge in [-0.3, -0.25) is 0 Å². The van der Waals surface area contributed by atoms with Crippen LogP contribution in [0.4, 0.5) is 0 Å². The molecule has 2 nitrogen and oxygen atoms in total. The fraction of sp³-hybridized carbons (Fsp3) is 0.833. The molecule has 0 aromatic rings.